The zero-order valence-corrected chi connectivity index (χ0v) is 8.27. The van der Waals surface area contributed by atoms with E-state index >= 15 is 0 Å². The Morgan fingerprint density at radius 2 is 1.67 bits per heavy atom. The van der Waals surface area contributed by atoms with Crippen molar-refractivity contribution in [2.75, 3.05) is 0 Å². The maximum absolute atomic E-state index is 10.3. The Bertz CT molecular complexity index is 181. The molecule has 0 amide bonds. The second-order valence-corrected chi connectivity index (χ2v) is 5.15. The molecule has 2 fully saturated rings. The third kappa shape index (κ3) is 1.02. The van der Waals surface area contributed by atoms with Crippen LogP contribution in [0, 0.1) is 11.3 Å². The molecular formula is C11H20O. The predicted octanol–water partition coefficient (Wildman–Crippen LogP) is 2.73. The highest BCUT2D eigenvalue weighted by Gasteiger charge is 2.61. The van der Waals surface area contributed by atoms with Gasteiger partial charge in [-0.05, 0) is 30.6 Å². The van der Waals surface area contributed by atoms with Crippen molar-refractivity contribution in [1.29, 1.82) is 0 Å². The molecule has 0 saturated heterocycles. The zero-order chi connectivity index (χ0) is 8.82. The Morgan fingerprint density at radius 1 is 1.17 bits per heavy atom. The molecule has 0 radical (unpaired) electrons. The highest BCUT2D eigenvalue weighted by Crippen LogP contribution is 2.60. The average Bonchev–Trinajstić information content (AvgIpc) is 2.63. The van der Waals surface area contributed by atoms with Crippen molar-refractivity contribution in [2.45, 2.75) is 58.0 Å². The third-order valence-electron chi connectivity index (χ3n) is 4.27. The Hall–Kier alpha value is -0.0400. The molecule has 0 bridgehead atoms. The highest BCUT2D eigenvalue weighted by molar-refractivity contribution is 5.11. The van der Waals surface area contributed by atoms with E-state index in [1.54, 1.807) is 0 Å². The number of rotatable bonds is 1. The molecule has 2 saturated carbocycles. The largest absolute Gasteiger partial charge is 0.389 e. The predicted molar refractivity (Wildman–Crippen MR) is 49.9 cm³/mol. The lowest BCUT2D eigenvalue weighted by Crippen LogP contribution is -2.37. The van der Waals surface area contributed by atoms with Gasteiger partial charge < -0.3 is 5.11 Å². The minimum absolute atomic E-state index is 0.255. The maximum Gasteiger partial charge on any atom is 0.0731 e. The Morgan fingerprint density at radius 3 is 2.08 bits per heavy atom. The summed E-state index contributed by atoms with van der Waals surface area (Å²) >= 11 is 0. The zero-order valence-electron chi connectivity index (χ0n) is 8.27. The average molecular weight is 168 g/mol. The van der Waals surface area contributed by atoms with E-state index in [-0.39, 0.29) is 11.0 Å². The van der Waals surface area contributed by atoms with Crippen LogP contribution < -0.4 is 0 Å². The van der Waals surface area contributed by atoms with E-state index in [4.69, 9.17) is 0 Å². The summed E-state index contributed by atoms with van der Waals surface area (Å²) < 4.78 is 0. The standard InChI is InChI=1S/C11H20O/c1-9-8-11(9,12)10(2)6-4-3-5-7-10/h9,12H,3-8H2,1-2H3. The summed E-state index contributed by atoms with van der Waals surface area (Å²) in [6, 6.07) is 0. The fourth-order valence-corrected chi connectivity index (χ4v) is 3.01. The van der Waals surface area contributed by atoms with Gasteiger partial charge in [0.2, 0.25) is 0 Å². The fraction of sp³-hybridized carbons (Fsp3) is 1.00. The van der Waals surface area contributed by atoms with Crippen LogP contribution >= 0.6 is 0 Å². The van der Waals surface area contributed by atoms with Crippen LogP contribution in [-0.4, -0.2) is 10.7 Å². The molecule has 2 unspecified atom stereocenters. The molecule has 70 valence electrons. The first-order chi connectivity index (χ1) is 5.58. The van der Waals surface area contributed by atoms with Crippen LogP contribution in [-0.2, 0) is 0 Å². The van der Waals surface area contributed by atoms with Crippen LogP contribution in [0.4, 0.5) is 0 Å². The smallest absolute Gasteiger partial charge is 0.0731 e. The van der Waals surface area contributed by atoms with E-state index in [0.717, 1.165) is 6.42 Å². The van der Waals surface area contributed by atoms with Crippen molar-refractivity contribution in [3.8, 4) is 0 Å². The molecule has 2 atom stereocenters. The van der Waals surface area contributed by atoms with Crippen molar-refractivity contribution < 1.29 is 5.11 Å². The molecular weight excluding hydrogens is 148 g/mol. The minimum atomic E-state index is -0.284. The van der Waals surface area contributed by atoms with Gasteiger partial charge in [0.1, 0.15) is 0 Å². The highest BCUT2D eigenvalue weighted by atomic mass is 16.3. The van der Waals surface area contributed by atoms with Crippen LogP contribution in [0.1, 0.15) is 52.4 Å². The first-order valence-corrected chi connectivity index (χ1v) is 5.31. The molecule has 2 aliphatic carbocycles. The number of hydrogen-bond donors (Lipinski definition) is 1. The van der Waals surface area contributed by atoms with Crippen LogP contribution in [0.15, 0.2) is 0 Å². The van der Waals surface area contributed by atoms with Crippen molar-refractivity contribution in [1.82, 2.24) is 0 Å². The van der Waals surface area contributed by atoms with Crippen molar-refractivity contribution >= 4 is 0 Å². The number of aliphatic hydroxyl groups is 1. The van der Waals surface area contributed by atoms with Gasteiger partial charge in [0, 0.05) is 0 Å². The van der Waals surface area contributed by atoms with Crippen molar-refractivity contribution in [3.63, 3.8) is 0 Å². The Kier molecular flexibility index (Phi) is 1.76. The van der Waals surface area contributed by atoms with E-state index < -0.39 is 0 Å². The summed E-state index contributed by atoms with van der Waals surface area (Å²) in [4.78, 5) is 0. The second kappa shape index (κ2) is 2.47. The molecule has 1 heteroatoms. The second-order valence-electron chi connectivity index (χ2n) is 5.15. The molecule has 1 N–H and O–H groups in total. The quantitative estimate of drug-likeness (QED) is 0.638. The summed E-state index contributed by atoms with van der Waals surface area (Å²) in [6.45, 7) is 4.47. The summed E-state index contributed by atoms with van der Waals surface area (Å²) in [5, 5.41) is 10.3. The van der Waals surface area contributed by atoms with E-state index in [2.05, 4.69) is 13.8 Å². The van der Waals surface area contributed by atoms with Crippen molar-refractivity contribution in [2.24, 2.45) is 11.3 Å². The molecule has 2 rings (SSSR count). The van der Waals surface area contributed by atoms with Gasteiger partial charge in [0.25, 0.3) is 0 Å². The lowest BCUT2D eigenvalue weighted by molar-refractivity contribution is -0.0240. The third-order valence-corrected chi connectivity index (χ3v) is 4.27. The SMILES string of the molecule is CC1CC1(O)C1(C)CCCCC1. The molecule has 1 nitrogen and oxygen atoms in total. The molecule has 0 aliphatic heterocycles. The van der Waals surface area contributed by atoms with Gasteiger partial charge >= 0.3 is 0 Å². The fourth-order valence-electron chi connectivity index (χ4n) is 3.01. The summed E-state index contributed by atoms with van der Waals surface area (Å²) in [6.07, 6.45) is 7.56. The normalized spacial score (nSPS) is 45.8. The van der Waals surface area contributed by atoms with Gasteiger partial charge in [-0.15, -0.1) is 0 Å². The topological polar surface area (TPSA) is 20.2 Å². The first kappa shape index (κ1) is 8.55. The minimum Gasteiger partial charge on any atom is -0.389 e. The molecule has 2 aliphatic rings. The summed E-state index contributed by atoms with van der Waals surface area (Å²) in [5.74, 6) is 0.556. The van der Waals surface area contributed by atoms with Gasteiger partial charge in [0.05, 0.1) is 5.60 Å². The van der Waals surface area contributed by atoms with Gasteiger partial charge in [-0.2, -0.15) is 0 Å². The molecule has 12 heavy (non-hydrogen) atoms. The summed E-state index contributed by atoms with van der Waals surface area (Å²) in [7, 11) is 0. The van der Waals surface area contributed by atoms with Gasteiger partial charge in [-0.3, -0.25) is 0 Å². The van der Waals surface area contributed by atoms with Gasteiger partial charge in [-0.25, -0.2) is 0 Å². The van der Waals surface area contributed by atoms with Crippen LogP contribution in [0.5, 0.6) is 0 Å². The molecule has 0 aromatic carbocycles. The van der Waals surface area contributed by atoms with E-state index in [0.29, 0.717) is 5.92 Å². The molecule has 0 aromatic rings. The van der Waals surface area contributed by atoms with Crippen LogP contribution in [0.25, 0.3) is 0 Å². The van der Waals surface area contributed by atoms with Crippen LogP contribution in [0.2, 0.25) is 0 Å². The van der Waals surface area contributed by atoms with Crippen molar-refractivity contribution in [3.05, 3.63) is 0 Å². The van der Waals surface area contributed by atoms with E-state index in [9.17, 15) is 5.11 Å². The lowest BCUT2D eigenvalue weighted by Gasteiger charge is -2.39. The molecule has 0 aromatic heterocycles. The van der Waals surface area contributed by atoms with E-state index in [1.807, 2.05) is 0 Å². The van der Waals surface area contributed by atoms with Crippen LogP contribution in [0.3, 0.4) is 0 Å². The Labute approximate surface area is 75.2 Å². The first-order valence-electron chi connectivity index (χ1n) is 5.31. The monoisotopic (exact) mass is 168 g/mol. The molecule has 0 heterocycles. The molecule has 0 spiro atoms. The van der Waals surface area contributed by atoms with E-state index in [1.165, 1.54) is 32.1 Å². The number of hydrogen-bond acceptors (Lipinski definition) is 1. The van der Waals surface area contributed by atoms with Gasteiger partial charge in [0.15, 0.2) is 0 Å². The van der Waals surface area contributed by atoms with Gasteiger partial charge in [-0.1, -0.05) is 33.1 Å². The Balaban J connectivity index is 2.09. The lowest BCUT2D eigenvalue weighted by atomic mass is 9.69. The summed E-state index contributed by atoms with van der Waals surface area (Å²) in [5.41, 5.74) is -0.0297. The maximum atomic E-state index is 10.3.